The molecule has 4 atom stereocenters. The highest BCUT2D eigenvalue weighted by atomic mass is 14.4. The Morgan fingerprint density at radius 1 is 0.690 bits per heavy atom. The highest BCUT2D eigenvalue weighted by Crippen LogP contribution is 2.48. The molecule has 0 radical (unpaired) electrons. The van der Waals surface area contributed by atoms with Crippen LogP contribution in [0.5, 0.6) is 0 Å². The minimum absolute atomic E-state index is 0.796. The first-order chi connectivity index (χ1) is 14.3. The van der Waals surface area contributed by atoms with E-state index in [1.54, 1.807) is 5.56 Å². The topological polar surface area (TPSA) is 0 Å². The van der Waals surface area contributed by atoms with Crippen LogP contribution < -0.4 is 0 Å². The average molecular weight is 389 g/mol. The molecule has 2 aliphatic carbocycles. The fourth-order valence-electron chi connectivity index (χ4n) is 6.14. The van der Waals surface area contributed by atoms with Gasteiger partial charge in [0.15, 0.2) is 0 Å². The van der Waals surface area contributed by atoms with Crippen molar-refractivity contribution in [2.24, 2.45) is 17.8 Å². The maximum absolute atomic E-state index is 2.42. The van der Waals surface area contributed by atoms with E-state index in [2.05, 4.69) is 62.4 Å². The van der Waals surface area contributed by atoms with E-state index in [0.29, 0.717) is 0 Å². The van der Waals surface area contributed by atoms with Gasteiger partial charge in [0.25, 0.3) is 0 Å². The van der Waals surface area contributed by atoms with Crippen LogP contribution in [-0.2, 0) is 6.42 Å². The third kappa shape index (κ3) is 5.14. The average Bonchev–Trinajstić information content (AvgIpc) is 2.78. The molecule has 2 aromatic rings. The van der Waals surface area contributed by atoms with Crippen molar-refractivity contribution in [2.45, 2.75) is 90.4 Å². The number of rotatable bonds is 7. The molecular formula is C29H40. The maximum Gasteiger partial charge on any atom is -0.0159 e. The second-order valence-electron chi connectivity index (χ2n) is 9.92. The molecule has 29 heavy (non-hydrogen) atoms. The molecule has 0 spiro atoms. The minimum Gasteiger partial charge on any atom is -0.0654 e. The van der Waals surface area contributed by atoms with Crippen LogP contribution >= 0.6 is 0 Å². The van der Waals surface area contributed by atoms with Crippen LogP contribution in [0.25, 0.3) is 11.1 Å². The van der Waals surface area contributed by atoms with E-state index in [0.717, 1.165) is 23.7 Å². The summed E-state index contributed by atoms with van der Waals surface area (Å²) in [5.74, 6) is 3.86. The van der Waals surface area contributed by atoms with Crippen molar-refractivity contribution < 1.29 is 0 Å². The van der Waals surface area contributed by atoms with Crippen LogP contribution in [0.1, 0.15) is 95.1 Å². The van der Waals surface area contributed by atoms with Crippen LogP contribution in [0.3, 0.4) is 0 Å². The number of fused-ring (bicyclic) bond motifs is 1. The lowest BCUT2D eigenvalue weighted by Crippen LogP contribution is -2.30. The van der Waals surface area contributed by atoms with Gasteiger partial charge in [-0.3, -0.25) is 0 Å². The van der Waals surface area contributed by atoms with Crippen molar-refractivity contribution >= 4 is 0 Å². The lowest BCUT2D eigenvalue weighted by Gasteiger charge is -2.42. The molecule has 0 nitrogen and oxygen atoms in total. The van der Waals surface area contributed by atoms with E-state index in [1.807, 2.05) is 0 Å². The van der Waals surface area contributed by atoms with E-state index in [-0.39, 0.29) is 0 Å². The van der Waals surface area contributed by atoms with Crippen LogP contribution in [0.15, 0.2) is 48.5 Å². The summed E-state index contributed by atoms with van der Waals surface area (Å²) >= 11 is 0. The number of hydrogen-bond donors (Lipinski definition) is 0. The third-order valence-corrected chi connectivity index (χ3v) is 7.90. The molecule has 0 aromatic heterocycles. The zero-order valence-electron chi connectivity index (χ0n) is 18.7. The van der Waals surface area contributed by atoms with Gasteiger partial charge in [0.2, 0.25) is 0 Å². The zero-order valence-corrected chi connectivity index (χ0v) is 18.7. The molecule has 2 aromatic carbocycles. The predicted molar refractivity (Wildman–Crippen MR) is 126 cm³/mol. The summed E-state index contributed by atoms with van der Waals surface area (Å²) < 4.78 is 0. The van der Waals surface area contributed by atoms with Crippen molar-refractivity contribution in [3.63, 3.8) is 0 Å². The third-order valence-electron chi connectivity index (χ3n) is 7.90. The van der Waals surface area contributed by atoms with Crippen molar-refractivity contribution in [1.82, 2.24) is 0 Å². The standard InChI is InChI=1S/C29H40/c1-3-5-7-23-10-13-29-21-28(19-18-27(29)20-23)26-16-14-25(15-17-26)24-11-8-22(6-4-2)9-12-24/h8-9,11-12,14-17,23,27-29H,3-7,10,13,18-21H2,1-2H3. The van der Waals surface area contributed by atoms with Gasteiger partial charge in [-0.15, -0.1) is 0 Å². The molecule has 0 N–H and O–H groups in total. The number of aryl methyl sites for hydroxylation is 1. The Bertz CT molecular complexity index is 739. The van der Waals surface area contributed by atoms with Gasteiger partial charge >= 0.3 is 0 Å². The molecule has 4 rings (SSSR count). The first-order valence-corrected chi connectivity index (χ1v) is 12.5. The van der Waals surface area contributed by atoms with E-state index >= 15 is 0 Å². The quantitative estimate of drug-likeness (QED) is 0.444. The van der Waals surface area contributed by atoms with Crippen LogP contribution in [0.2, 0.25) is 0 Å². The van der Waals surface area contributed by atoms with Gasteiger partial charge in [0.05, 0.1) is 0 Å². The Hall–Kier alpha value is -1.56. The maximum atomic E-state index is 2.42. The molecule has 156 valence electrons. The largest absolute Gasteiger partial charge is 0.0654 e. The first-order valence-electron chi connectivity index (χ1n) is 12.5. The highest BCUT2D eigenvalue weighted by Gasteiger charge is 2.35. The Labute approximate surface area is 179 Å². The molecule has 0 aliphatic heterocycles. The van der Waals surface area contributed by atoms with Crippen molar-refractivity contribution in [2.75, 3.05) is 0 Å². The normalized spacial score (nSPS) is 26.8. The molecule has 0 heteroatoms. The molecule has 4 unspecified atom stereocenters. The van der Waals surface area contributed by atoms with E-state index in [4.69, 9.17) is 0 Å². The fourth-order valence-corrected chi connectivity index (χ4v) is 6.14. The summed E-state index contributed by atoms with van der Waals surface area (Å²) in [6.07, 6.45) is 15.6. The second kappa shape index (κ2) is 9.96. The summed E-state index contributed by atoms with van der Waals surface area (Å²) in [6.45, 7) is 4.59. The van der Waals surface area contributed by atoms with Crippen LogP contribution in [0, 0.1) is 17.8 Å². The summed E-state index contributed by atoms with van der Waals surface area (Å²) in [4.78, 5) is 0. The van der Waals surface area contributed by atoms with Gasteiger partial charge in [0.1, 0.15) is 0 Å². The summed E-state index contributed by atoms with van der Waals surface area (Å²) in [5, 5.41) is 0. The smallest absolute Gasteiger partial charge is 0.0159 e. The van der Waals surface area contributed by atoms with Crippen LogP contribution in [-0.4, -0.2) is 0 Å². The lowest BCUT2D eigenvalue weighted by atomic mass is 9.63. The SMILES string of the molecule is CCCCC1CCC2CC(c3ccc(-c4ccc(CCC)cc4)cc3)CCC2C1. The summed E-state index contributed by atoms with van der Waals surface area (Å²) in [6, 6.07) is 18.7. The summed E-state index contributed by atoms with van der Waals surface area (Å²) in [5.41, 5.74) is 5.75. The van der Waals surface area contributed by atoms with Gasteiger partial charge < -0.3 is 0 Å². The highest BCUT2D eigenvalue weighted by molar-refractivity contribution is 5.64. The number of unbranched alkanes of at least 4 members (excludes halogenated alkanes) is 1. The Balaban J connectivity index is 1.35. The first kappa shape index (κ1) is 20.7. The summed E-state index contributed by atoms with van der Waals surface area (Å²) in [7, 11) is 0. The molecule has 2 fully saturated rings. The van der Waals surface area contributed by atoms with E-state index in [9.17, 15) is 0 Å². The molecule has 2 saturated carbocycles. The molecule has 0 heterocycles. The Kier molecular flexibility index (Phi) is 7.11. The molecular weight excluding hydrogens is 348 g/mol. The molecule has 2 aliphatic rings. The number of benzene rings is 2. The van der Waals surface area contributed by atoms with Gasteiger partial charge in [-0.1, -0.05) is 94.5 Å². The number of hydrogen-bond acceptors (Lipinski definition) is 0. The Morgan fingerprint density at radius 2 is 1.34 bits per heavy atom. The van der Waals surface area contributed by atoms with Gasteiger partial charge in [-0.05, 0) is 84.5 Å². The van der Waals surface area contributed by atoms with E-state index in [1.165, 1.54) is 87.3 Å². The van der Waals surface area contributed by atoms with Gasteiger partial charge in [-0.25, -0.2) is 0 Å². The Morgan fingerprint density at radius 3 is 2.03 bits per heavy atom. The molecule has 0 bridgehead atoms. The molecule has 0 saturated heterocycles. The van der Waals surface area contributed by atoms with E-state index < -0.39 is 0 Å². The van der Waals surface area contributed by atoms with Crippen molar-refractivity contribution in [3.05, 3.63) is 59.7 Å². The zero-order chi connectivity index (χ0) is 20.1. The van der Waals surface area contributed by atoms with Gasteiger partial charge in [-0.2, -0.15) is 0 Å². The predicted octanol–water partition coefficient (Wildman–Crippen LogP) is 8.80. The van der Waals surface area contributed by atoms with Gasteiger partial charge in [0, 0.05) is 0 Å². The fraction of sp³-hybridized carbons (Fsp3) is 0.586. The minimum atomic E-state index is 0.796. The van der Waals surface area contributed by atoms with Crippen LogP contribution in [0.4, 0.5) is 0 Å². The molecule has 0 amide bonds. The monoisotopic (exact) mass is 388 g/mol. The lowest BCUT2D eigenvalue weighted by molar-refractivity contribution is 0.113. The van der Waals surface area contributed by atoms with Crippen molar-refractivity contribution in [1.29, 1.82) is 0 Å². The second-order valence-corrected chi connectivity index (χ2v) is 9.92. The van der Waals surface area contributed by atoms with Crippen molar-refractivity contribution in [3.8, 4) is 11.1 Å².